The van der Waals surface area contributed by atoms with E-state index in [2.05, 4.69) is 34.5 Å². The van der Waals surface area contributed by atoms with Gasteiger partial charge in [-0.15, -0.1) is 0 Å². The highest BCUT2D eigenvalue weighted by Crippen LogP contribution is 2.21. The first kappa shape index (κ1) is 16.0. The van der Waals surface area contributed by atoms with Gasteiger partial charge in [-0.1, -0.05) is 24.3 Å². The van der Waals surface area contributed by atoms with E-state index in [1.165, 1.54) is 11.1 Å². The Balaban J connectivity index is 1.60. The second-order valence-electron chi connectivity index (χ2n) is 6.40. The predicted molar refractivity (Wildman–Crippen MR) is 86.5 cm³/mol. The fourth-order valence-corrected chi connectivity index (χ4v) is 3.36. The molecule has 1 aromatic carbocycles. The molecule has 3 rings (SSSR count). The number of ether oxygens (including phenoxy) is 1. The van der Waals surface area contributed by atoms with Crippen LogP contribution in [0.2, 0.25) is 0 Å². The Morgan fingerprint density at radius 2 is 2.22 bits per heavy atom. The van der Waals surface area contributed by atoms with Crippen LogP contribution in [0.1, 0.15) is 24.5 Å². The minimum absolute atomic E-state index is 0.0668. The fraction of sp³-hybridized carbons (Fsp3) is 0.556. The minimum atomic E-state index is -0.454. The summed E-state index contributed by atoms with van der Waals surface area (Å²) >= 11 is 0. The lowest BCUT2D eigenvalue weighted by atomic mass is 9.98. The Kier molecular flexibility index (Phi) is 4.94. The van der Waals surface area contributed by atoms with Crippen LogP contribution in [-0.2, 0) is 22.5 Å². The lowest BCUT2D eigenvalue weighted by Crippen LogP contribution is -2.51. The Hall–Kier alpha value is -1.90. The lowest BCUT2D eigenvalue weighted by Gasteiger charge is -2.33. The van der Waals surface area contributed by atoms with E-state index < -0.39 is 6.04 Å². The van der Waals surface area contributed by atoms with Gasteiger partial charge in [0.2, 0.25) is 5.91 Å². The van der Waals surface area contributed by atoms with Crippen molar-refractivity contribution >= 4 is 5.91 Å². The fourth-order valence-electron chi connectivity index (χ4n) is 3.36. The highest BCUT2D eigenvalue weighted by molar-refractivity contribution is 5.82. The van der Waals surface area contributed by atoms with Crippen molar-refractivity contribution in [1.29, 1.82) is 5.26 Å². The molecule has 0 aliphatic carbocycles. The minimum Gasteiger partial charge on any atom is -0.381 e. The molecule has 122 valence electrons. The number of nitriles is 1. The molecular weight excluding hydrogens is 290 g/mol. The SMILES string of the molecule is CC(C(=O)NC(C#N)C1CCOC1)N1CCc2ccccc2C1. The summed E-state index contributed by atoms with van der Waals surface area (Å²) in [6, 6.07) is 9.91. The molecule has 0 radical (unpaired) electrons. The smallest absolute Gasteiger partial charge is 0.238 e. The first-order valence-corrected chi connectivity index (χ1v) is 8.27. The molecular formula is C18H23N3O2. The molecule has 1 aromatic rings. The number of rotatable bonds is 4. The molecule has 1 amide bonds. The summed E-state index contributed by atoms with van der Waals surface area (Å²) in [4.78, 5) is 14.7. The van der Waals surface area contributed by atoms with Crippen molar-refractivity contribution in [2.24, 2.45) is 5.92 Å². The standard InChI is InChI=1S/C18H23N3O2/c1-13(18(22)20-17(10-19)16-7-9-23-12-16)21-8-6-14-4-2-3-5-15(14)11-21/h2-5,13,16-17H,6-9,11-12H2,1H3,(H,20,22). The van der Waals surface area contributed by atoms with Gasteiger partial charge in [0.05, 0.1) is 18.7 Å². The van der Waals surface area contributed by atoms with Gasteiger partial charge in [-0.25, -0.2) is 0 Å². The normalized spacial score (nSPS) is 23.6. The zero-order chi connectivity index (χ0) is 16.2. The van der Waals surface area contributed by atoms with E-state index in [9.17, 15) is 10.1 Å². The number of amides is 1. The summed E-state index contributed by atoms with van der Waals surface area (Å²) < 4.78 is 5.32. The van der Waals surface area contributed by atoms with Gasteiger partial charge in [0.15, 0.2) is 0 Å². The lowest BCUT2D eigenvalue weighted by molar-refractivity contribution is -0.126. The molecule has 0 spiro atoms. The molecule has 5 heteroatoms. The third kappa shape index (κ3) is 3.54. The summed E-state index contributed by atoms with van der Waals surface area (Å²) in [6.45, 7) is 4.81. The summed E-state index contributed by atoms with van der Waals surface area (Å²) in [5.41, 5.74) is 2.66. The van der Waals surface area contributed by atoms with Gasteiger partial charge in [-0.05, 0) is 30.9 Å². The Morgan fingerprint density at radius 3 is 2.91 bits per heavy atom. The number of benzene rings is 1. The topological polar surface area (TPSA) is 65.4 Å². The number of carbonyl (C=O) groups is 1. The van der Waals surface area contributed by atoms with Gasteiger partial charge in [-0.2, -0.15) is 5.26 Å². The van der Waals surface area contributed by atoms with Crippen molar-refractivity contribution in [2.75, 3.05) is 19.8 Å². The maximum absolute atomic E-state index is 12.5. The van der Waals surface area contributed by atoms with E-state index in [-0.39, 0.29) is 17.9 Å². The molecule has 3 unspecified atom stereocenters. The predicted octanol–water partition coefficient (Wildman–Crippen LogP) is 1.48. The van der Waals surface area contributed by atoms with Crippen molar-refractivity contribution in [3.05, 3.63) is 35.4 Å². The molecule has 0 aromatic heterocycles. The highest BCUT2D eigenvalue weighted by Gasteiger charge is 2.31. The van der Waals surface area contributed by atoms with E-state index in [4.69, 9.17) is 4.74 Å². The van der Waals surface area contributed by atoms with Crippen LogP contribution in [0.5, 0.6) is 0 Å². The quantitative estimate of drug-likeness (QED) is 0.914. The molecule has 1 N–H and O–H groups in total. The molecule has 0 bridgehead atoms. The van der Waals surface area contributed by atoms with Crippen LogP contribution in [0.15, 0.2) is 24.3 Å². The average molecular weight is 313 g/mol. The van der Waals surface area contributed by atoms with Crippen molar-refractivity contribution in [3.63, 3.8) is 0 Å². The van der Waals surface area contributed by atoms with E-state index in [0.29, 0.717) is 13.2 Å². The van der Waals surface area contributed by atoms with Crippen LogP contribution in [-0.4, -0.2) is 42.6 Å². The molecule has 1 saturated heterocycles. The van der Waals surface area contributed by atoms with Crippen LogP contribution in [0, 0.1) is 17.2 Å². The first-order chi connectivity index (χ1) is 11.2. The van der Waals surface area contributed by atoms with Crippen LogP contribution < -0.4 is 5.32 Å². The molecule has 2 aliphatic rings. The maximum Gasteiger partial charge on any atom is 0.238 e. The highest BCUT2D eigenvalue weighted by atomic mass is 16.5. The summed E-state index contributed by atoms with van der Waals surface area (Å²) in [6.07, 6.45) is 1.80. The average Bonchev–Trinajstić information content (AvgIpc) is 3.12. The summed E-state index contributed by atoms with van der Waals surface area (Å²) in [7, 11) is 0. The van der Waals surface area contributed by atoms with E-state index in [1.807, 2.05) is 13.0 Å². The molecule has 0 saturated carbocycles. The van der Waals surface area contributed by atoms with Gasteiger partial charge >= 0.3 is 0 Å². The van der Waals surface area contributed by atoms with Crippen LogP contribution in [0.3, 0.4) is 0 Å². The number of nitrogens with one attached hydrogen (secondary N) is 1. The Labute approximate surface area is 137 Å². The third-order valence-electron chi connectivity index (χ3n) is 4.96. The van der Waals surface area contributed by atoms with E-state index in [1.54, 1.807) is 0 Å². The van der Waals surface area contributed by atoms with Gasteiger partial charge in [-0.3, -0.25) is 9.69 Å². The van der Waals surface area contributed by atoms with Crippen molar-refractivity contribution in [2.45, 2.75) is 38.4 Å². The van der Waals surface area contributed by atoms with Gasteiger partial charge in [0, 0.05) is 25.6 Å². The number of hydrogen-bond acceptors (Lipinski definition) is 4. The molecule has 23 heavy (non-hydrogen) atoms. The molecule has 3 atom stereocenters. The number of hydrogen-bond donors (Lipinski definition) is 1. The van der Waals surface area contributed by atoms with Gasteiger partial charge in [0.25, 0.3) is 0 Å². The largest absolute Gasteiger partial charge is 0.381 e. The summed E-state index contributed by atoms with van der Waals surface area (Å²) in [5.74, 6) is 0.0427. The van der Waals surface area contributed by atoms with Crippen LogP contribution in [0.4, 0.5) is 0 Å². The molecule has 1 fully saturated rings. The second kappa shape index (κ2) is 7.12. The second-order valence-corrected chi connectivity index (χ2v) is 6.40. The maximum atomic E-state index is 12.5. The third-order valence-corrected chi connectivity index (χ3v) is 4.96. The molecule has 2 heterocycles. The van der Waals surface area contributed by atoms with E-state index >= 15 is 0 Å². The Bertz CT molecular complexity index is 605. The zero-order valence-electron chi connectivity index (χ0n) is 13.5. The van der Waals surface area contributed by atoms with Crippen molar-refractivity contribution < 1.29 is 9.53 Å². The van der Waals surface area contributed by atoms with Crippen molar-refractivity contribution in [1.82, 2.24) is 10.2 Å². The number of nitrogens with zero attached hydrogens (tertiary/aromatic N) is 2. The van der Waals surface area contributed by atoms with Crippen molar-refractivity contribution in [3.8, 4) is 6.07 Å². The van der Waals surface area contributed by atoms with Gasteiger partial charge < -0.3 is 10.1 Å². The van der Waals surface area contributed by atoms with E-state index in [0.717, 1.165) is 25.9 Å². The molecule has 5 nitrogen and oxygen atoms in total. The van der Waals surface area contributed by atoms with Crippen LogP contribution in [0.25, 0.3) is 0 Å². The van der Waals surface area contributed by atoms with Gasteiger partial charge in [0.1, 0.15) is 6.04 Å². The molecule has 2 aliphatic heterocycles. The van der Waals surface area contributed by atoms with Crippen LogP contribution >= 0.6 is 0 Å². The first-order valence-electron chi connectivity index (χ1n) is 8.27. The number of carbonyl (C=O) groups excluding carboxylic acids is 1. The monoisotopic (exact) mass is 313 g/mol. The Morgan fingerprint density at radius 1 is 1.43 bits per heavy atom. The number of fused-ring (bicyclic) bond motifs is 1. The zero-order valence-corrected chi connectivity index (χ0v) is 13.5. The summed E-state index contributed by atoms with van der Waals surface area (Å²) in [5, 5.41) is 12.2.